The van der Waals surface area contributed by atoms with Crippen LogP contribution in [0.3, 0.4) is 0 Å². The second kappa shape index (κ2) is 5.67. The van der Waals surface area contributed by atoms with E-state index in [0.29, 0.717) is 5.92 Å². The Morgan fingerprint density at radius 1 is 1.41 bits per heavy atom. The Morgan fingerprint density at radius 2 is 2.24 bits per heavy atom. The summed E-state index contributed by atoms with van der Waals surface area (Å²) in [6.45, 7) is 2.14. The summed E-state index contributed by atoms with van der Waals surface area (Å²) in [5.41, 5.74) is 2.19. The van der Waals surface area contributed by atoms with E-state index >= 15 is 0 Å². The van der Waals surface area contributed by atoms with Crippen molar-refractivity contribution in [2.45, 2.75) is 12.3 Å². The molecule has 3 heterocycles. The van der Waals surface area contributed by atoms with Crippen LogP contribution < -0.4 is 5.32 Å². The van der Waals surface area contributed by atoms with Crippen LogP contribution >= 0.6 is 24.8 Å². The number of rotatable bonds is 1. The lowest BCUT2D eigenvalue weighted by molar-refractivity contribution is 0.688. The molecule has 0 amide bonds. The lowest BCUT2D eigenvalue weighted by atomic mass is 10.0. The molecule has 17 heavy (non-hydrogen) atoms. The van der Waals surface area contributed by atoms with Gasteiger partial charge in [0.2, 0.25) is 0 Å². The fourth-order valence-electron chi connectivity index (χ4n) is 2.31. The standard InChI is InChI=1S/C11H14N4.2ClH/c1-15-11-9(3-2-5-13-11)10(14-15)8-4-6-12-7-8;;/h2-3,5,8,12H,4,6-7H2,1H3;2*1H. The Hall–Kier alpha value is -0.840. The number of pyridine rings is 1. The van der Waals surface area contributed by atoms with Gasteiger partial charge in [0.1, 0.15) is 0 Å². The van der Waals surface area contributed by atoms with E-state index in [4.69, 9.17) is 0 Å². The van der Waals surface area contributed by atoms with Crippen LogP contribution in [0, 0.1) is 0 Å². The van der Waals surface area contributed by atoms with Crippen molar-refractivity contribution in [2.24, 2.45) is 7.05 Å². The van der Waals surface area contributed by atoms with Crippen molar-refractivity contribution in [1.82, 2.24) is 20.1 Å². The molecular formula is C11H16Cl2N4. The van der Waals surface area contributed by atoms with Crippen molar-refractivity contribution >= 4 is 35.8 Å². The van der Waals surface area contributed by atoms with Gasteiger partial charge >= 0.3 is 0 Å². The molecule has 0 aliphatic carbocycles. The van der Waals surface area contributed by atoms with Crippen LogP contribution in [-0.2, 0) is 7.05 Å². The maximum atomic E-state index is 4.59. The molecule has 1 fully saturated rings. The highest BCUT2D eigenvalue weighted by atomic mass is 35.5. The quantitative estimate of drug-likeness (QED) is 0.864. The third kappa shape index (κ3) is 2.39. The number of aryl methyl sites for hydroxylation is 1. The van der Waals surface area contributed by atoms with Gasteiger partial charge < -0.3 is 5.32 Å². The SMILES string of the molecule is Cl.Cl.Cn1nc(C2CCNC2)c2cccnc21. The smallest absolute Gasteiger partial charge is 0.157 e. The fourth-order valence-corrected chi connectivity index (χ4v) is 2.31. The Balaban J connectivity index is 0.000000722. The van der Waals surface area contributed by atoms with Crippen LogP contribution in [0.15, 0.2) is 18.3 Å². The molecule has 2 aromatic rings. The number of fused-ring (bicyclic) bond motifs is 1. The van der Waals surface area contributed by atoms with Crippen molar-refractivity contribution in [3.8, 4) is 0 Å². The van der Waals surface area contributed by atoms with Gasteiger partial charge in [-0.25, -0.2) is 4.98 Å². The molecule has 1 saturated heterocycles. The number of nitrogens with zero attached hydrogens (tertiary/aromatic N) is 3. The first kappa shape index (κ1) is 14.2. The van der Waals surface area contributed by atoms with E-state index in [-0.39, 0.29) is 24.8 Å². The van der Waals surface area contributed by atoms with Crippen LogP contribution in [0.2, 0.25) is 0 Å². The first-order chi connectivity index (χ1) is 7.36. The van der Waals surface area contributed by atoms with E-state index in [2.05, 4.69) is 21.5 Å². The highest BCUT2D eigenvalue weighted by Crippen LogP contribution is 2.27. The predicted octanol–water partition coefficient (Wildman–Crippen LogP) is 1.89. The molecule has 1 aliphatic heterocycles. The summed E-state index contributed by atoms with van der Waals surface area (Å²) in [6.07, 6.45) is 3.00. The number of hydrogen-bond donors (Lipinski definition) is 1. The molecule has 0 spiro atoms. The van der Waals surface area contributed by atoms with E-state index in [1.54, 1.807) is 0 Å². The zero-order valence-corrected chi connectivity index (χ0v) is 11.2. The third-order valence-corrected chi connectivity index (χ3v) is 3.07. The molecular weight excluding hydrogens is 259 g/mol. The average Bonchev–Trinajstić information content (AvgIpc) is 2.87. The summed E-state index contributed by atoms with van der Waals surface area (Å²) in [7, 11) is 1.96. The first-order valence-corrected chi connectivity index (χ1v) is 5.34. The first-order valence-electron chi connectivity index (χ1n) is 5.34. The molecule has 1 N–H and O–H groups in total. The van der Waals surface area contributed by atoms with Gasteiger partial charge in [0.05, 0.1) is 5.69 Å². The average molecular weight is 275 g/mol. The predicted molar refractivity (Wildman–Crippen MR) is 73.2 cm³/mol. The van der Waals surface area contributed by atoms with Crippen LogP contribution in [0.1, 0.15) is 18.0 Å². The van der Waals surface area contributed by atoms with Crippen LogP contribution in [-0.4, -0.2) is 27.9 Å². The highest BCUT2D eigenvalue weighted by molar-refractivity contribution is 5.85. The fraction of sp³-hybridized carbons (Fsp3) is 0.455. The van der Waals surface area contributed by atoms with E-state index in [1.165, 1.54) is 17.5 Å². The molecule has 6 heteroatoms. The molecule has 0 saturated carbocycles. The van der Waals surface area contributed by atoms with Gasteiger partial charge in [-0.1, -0.05) is 0 Å². The van der Waals surface area contributed by atoms with Crippen molar-refractivity contribution in [3.63, 3.8) is 0 Å². The molecule has 94 valence electrons. The zero-order chi connectivity index (χ0) is 10.3. The van der Waals surface area contributed by atoms with Gasteiger partial charge in [-0.3, -0.25) is 4.68 Å². The van der Waals surface area contributed by atoms with Crippen molar-refractivity contribution in [3.05, 3.63) is 24.0 Å². The highest BCUT2D eigenvalue weighted by Gasteiger charge is 2.22. The molecule has 4 nitrogen and oxygen atoms in total. The lowest BCUT2D eigenvalue weighted by Gasteiger charge is -2.03. The minimum Gasteiger partial charge on any atom is -0.316 e. The van der Waals surface area contributed by atoms with Crippen molar-refractivity contribution in [2.75, 3.05) is 13.1 Å². The summed E-state index contributed by atoms with van der Waals surface area (Å²) in [5.74, 6) is 0.554. The Morgan fingerprint density at radius 3 is 2.94 bits per heavy atom. The van der Waals surface area contributed by atoms with Crippen LogP contribution in [0.25, 0.3) is 11.0 Å². The van der Waals surface area contributed by atoms with E-state index in [9.17, 15) is 0 Å². The second-order valence-electron chi connectivity index (χ2n) is 4.07. The van der Waals surface area contributed by atoms with Crippen LogP contribution in [0.4, 0.5) is 0 Å². The Bertz CT molecular complexity index is 491. The maximum Gasteiger partial charge on any atom is 0.157 e. The second-order valence-corrected chi connectivity index (χ2v) is 4.07. The molecule has 1 atom stereocenters. The molecule has 0 radical (unpaired) electrons. The largest absolute Gasteiger partial charge is 0.316 e. The van der Waals surface area contributed by atoms with Gasteiger partial charge in [-0.2, -0.15) is 5.10 Å². The van der Waals surface area contributed by atoms with E-state index in [1.807, 2.05) is 24.0 Å². The van der Waals surface area contributed by atoms with Gasteiger partial charge in [0.15, 0.2) is 5.65 Å². The number of hydrogen-bond acceptors (Lipinski definition) is 3. The molecule has 1 aliphatic rings. The van der Waals surface area contributed by atoms with Gasteiger partial charge in [0.25, 0.3) is 0 Å². The number of nitrogens with one attached hydrogen (secondary N) is 1. The number of halogens is 2. The summed E-state index contributed by atoms with van der Waals surface area (Å²) >= 11 is 0. The molecule has 2 aromatic heterocycles. The number of aromatic nitrogens is 3. The van der Waals surface area contributed by atoms with Gasteiger partial charge in [0, 0.05) is 31.1 Å². The maximum absolute atomic E-state index is 4.59. The lowest BCUT2D eigenvalue weighted by Crippen LogP contribution is -2.08. The summed E-state index contributed by atoms with van der Waals surface area (Å²) in [6, 6.07) is 4.10. The molecule has 1 unspecified atom stereocenters. The molecule has 0 bridgehead atoms. The minimum atomic E-state index is 0. The Labute approximate surface area is 113 Å². The molecule has 3 rings (SSSR count). The Kier molecular flexibility index (Phi) is 4.74. The normalized spacial score (nSPS) is 18.8. The zero-order valence-electron chi connectivity index (χ0n) is 9.59. The minimum absolute atomic E-state index is 0. The topological polar surface area (TPSA) is 42.7 Å². The summed E-state index contributed by atoms with van der Waals surface area (Å²) in [5, 5.41) is 9.16. The molecule has 0 aromatic carbocycles. The van der Waals surface area contributed by atoms with Gasteiger partial charge in [-0.05, 0) is 25.1 Å². The van der Waals surface area contributed by atoms with Gasteiger partial charge in [-0.15, -0.1) is 24.8 Å². The van der Waals surface area contributed by atoms with Crippen molar-refractivity contribution in [1.29, 1.82) is 0 Å². The summed E-state index contributed by atoms with van der Waals surface area (Å²) < 4.78 is 1.88. The third-order valence-electron chi connectivity index (χ3n) is 3.07. The monoisotopic (exact) mass is 274 g/mol. The van der Waals surface area contributed by atoms with E-state index in [0.717, 1.165) is 18.7 Å². The van der Waals surface area contributed by atoms with Crippen molar-refractivity contribution < 1.29 is 0 Å². The summed E-state index contributed by atoms with van der Waals surface area (Å²) in [4.78, 5) is 4.35. The van der Waals surface area contributed by atoms with E-state index < -0.39 is 0 Å². The van der Waals surface area contributed by atoms with Crippen LogP contribution in [0.5, 0.6) is 0 Å².